The van der Waals surface area contributed by atoms with Crippen molar-refractivity contribution in [3.05, 3.63) is 35.4 Å². The summed E-state index contributed by atoms with van der Waals surface area (Å²) in [5.41, 5.74) is 0.146. The number of amides is 2. The number of carbonyl (C=O) groups excluding carboxylic acids is 2. The molecule has 1 fully saturated rings. The Morgan fingerprint density at radius 3 is 2.50 bits per heavy atom. The second kappa shape index (κ2) is 7.33. The van der Waals surface area contributed by atoms with Crippen LogP contribution < -0.4 is 5.32 Å². The van der Waals surface area contributed by atoms with Crippen LogP contribution in [0.4, 0.5) is 8.78 Å². The summed E-state index contributed by atoms with van der Waals surface area (Å²) in [5, 5.41) is 2.95. The predicted molar refractivity (Wildman–Crippen MR) is 78.3 cm³/mol. The van der Waals surface area contributed by atoms with Gasteiger partial charge in [0.05, 0.1) is 0 Å². The molecular weight excluding hydrogens is 290 g/mol. The van der Waals surface area contributed by atoms with E-state index < -0.39 is 11.6 Å². The standard InChI is InChI=1S/C16H20F2N2O2/c1-2-3-15(21)19-12-6-8-20(9-7-12)16(22)11-4-5-13(17)14(18)10-11/h4-5,10,12H,2-3,6-9H2,1H3,(H,19,21). The lowest BCUT2D eigenvalue weighted by atomic mass is 10.0. The van der Waals surface area contributed by atoms with Crippen molar-refractivity contribution < 1.29 is 18.4 Å². The highest BCUT2D eigenvalue weighted by Crippen LogP contribution is 2.16. The minimum atomic E-state index is -1.02. The fraction of sp³-hybridized carbons (Fsp3) is 0.500. The summed E-state index contributed by atoms with van der Waals surface area (Å²) in [6.07, 6.45) is 2.66. The van der Waals surface area contributed by atoms with Crippen molar-refractivity contribution in [1.82, 2.24) is 10.2 Å². The average Bonchev–Trinajstić information content (AvgIpc) is 2.50. The molecule has 1 aliphatic heterocycles. The highest BCUT2D eigenvalue weighted by molar-refractivity contribution is 5.94. The van der Waals surface area contributed by atoms with Gasteiger partial charge in [0.2, 0.25) is 5.91 Å². The van der Waals surface area contributed by atoms with Crippen LogP contribution in [0.3, 0.4) is 0 Å². The molecule has 2 rings (SSSR count). The van der Waals surface area contributed by atoms with Gasteiger partial charge in [0.25, 0.3) is 5.91 Å². The van der Waals surface area contributed by atoms with Crippen molar-refractivity contribution in [3.8, 4) is 0 Å². The van der Waals surface area contributed by atoms with Crippen LogP contribution in [0.15, 0.2) is 18.2 Å². The number of nitrogens with one attached hydrogen (secondary N) is 1. The largest absolute Gasteiger partial charge is 0.353 e. The van der Waals surface area contributed by atoms with E-state index in [-0.39, 0.29) is 23.4 Å². The summed E-state index contributed by atoms with van der Waals surface area (Å²) in [7, 11) is 0. The van der Waals surface area contributed by atoms with E-state index in [1.165, 1.54) is 6.07 Å². The van der Waals surface area contributed by atoms with Gasteiger partial charge >= 0.3 is 0 Å². The molecule has 1 heterocycles. The zero-order valence-corrected chi connectivity index (χ0v) is 12.6. The van der Waals surface area contributed by atoms with E-state index in [1.54, 1.807) is 4.90 Å². The number of likely N-dealkylation sites (tertiary alicyclic amines) is 1. The number of rotatable bonds is 4. The van der Waals surface area contributed by atoms with Crippen LogP contribution in [0.5, 0.6) is 0 Å². The zero-order valence-electron chi connectivity index (χ0n) is 12.6. The normalized spacial score (nSPS) is 15.7. The summed E-state index contributed by atoms with van der Waals surface area (Å²) in [6, 6.07) is 3.25. The lowest BCUT2D eigenvalue weighted by molar-refractivity contribution is -0.122. The first-order valence-electron chi connectivity index (χ1n) is 7.55. The predicted octanol–water partition coefficient (Wildman–Crippen LogP) is 2.49. The molecule has 0 radical (unpaired) electrons. The number of nitrogens with zero attached hydrogens (tertiary/aromatic N) is 1. The molecule has 2 amide bonds. The number of halogens is 2. The van der Waals surface area contributed by atoms with E-state index in [2.05, 4.69) is 5.32 Å². The molecule has 0 aliphatic carbocycles. The Labute approximate surface area is 128 Å². The van der Waals surface area contributed by atoms with Gasteiger partial charge in [0.1, 0.15) is 0 Å². The molecule has 1 aromatic rings. The minimum absolute atomic E-state index is 0.0351. The van der Waals surface area contributed by atoms with E-state index in [0.29, 0.717) is 32.4 Å². The summed E-state index contributed by atoms with van der Waals surface area (Å²) in [5.74, 6) is -2.26. The van der Waals surface area contributed by atoms with Crippen molar-refractivity contribution in [2.24, 2.45) is 0 Å². The van der Waals surface area contributed by atoms with Gasteiger partial charge in [-0.2, -0.15) is 0 Å². The van der Waals surface area contributed by atoms with Crippen LogP contribution in [0.2, 0.25) is 0 Å². The maximum absolute atomic E-state index is 13.2. The third-order valence-corrected chi connectivity index (χ3v) is 3.79. The molecular formula is C16H20F2N2O2. The Balaban J connectivity index is 1.89. The van der Waals surface area contributed by atoms with Crippen molar-refractivity contribution in [1.29, 1.82) is 0 Å². The molecule has 1 aromatic carbocycles. The van der Waals surface area contributed by atoms with E-state index in [0.717, 1.165) is 18.6 Å². The van der Waals surface area contributed by atoms with Gasteiger partial charge in [0, 0.05) is 31.1 Å². The molecule has 0 saturated carbocycles. The van der Waals surface area contributed by atoms with Gasteiger partial charge in [-0.25, -0.2) is 8.78 Å². The molecule has 0 bridgehead atoms. The molecule has 0 aromatic heterocycles. The molecule has 4 nitrogen and oxygen atoms in total. The van der Waals surface area contributed by atoms with Gasteiger partial charge in [-0.1, -0.05) is 6.92 Å². The number of benzene rings is 1. The summed E-state index contributed by atoms with van der Waals surface area (Å²) >= 11 is 0. The van der Waals surface area contributed by atoms with Crippen molar-refractivity contribution in [2.75, 3.05) is 13.1 Å². The SMILES string of the molecule is CCCC(=O)NC1CCN(C(=O)c2ccc(F)c(F)c2)CC1. The van der Waals surface area contributed by atoms with Gasteiger partial charge < -0.3 is 10.2 Å². The Morgan fingerprint density at radius 1 is 1.23 bits per heavy atom. The fourth-order valence-corrected chi connectivity index (χ4v) is 2.57. The third kappa shape index (κ3) is 4.02. The van der Waals surface area contributed by atoms with Crippen LogP contribution in [0.1, 0.15) is 43.0 Å². The monoisotopic (exact) mass is 310 g/mol. The third-order valence-electron chi connectivity index (χ3n) is 3.79. The minimum Gasteiger partial charge on any atom is -0.353 e. The Bertz CT molecular complexity index is 555. The molecule has 120 valence electrons. The lowest BCUT2D eigenvalue weighted by Gasteiger charge is -2.32. The number of piperidine rings is 1. The first-order valence-corrected chi connectivity index (χ1v) is 7.55. The molecule has 1 N–H and O–H groups in total. The maximum Gasteiger partial charge on any atom is 0.253 e. The molecule has 6 heteroatoms. The van der Waals surface area contributed by atoms with E-state index >= 15 is 0 Å². The topological polar surface area (TPSA) is 49.4 Å². The average molecular weight is 310 g/mol. The number of carbonyl (C=O) groups is 2. The fourth-order valence-electron chi connectivity index (χ4n) is 2.57. The van der Waals surface area contributed by atoms with Gasteiger partial charge in [-0.05, 0) is 37.5 Å². The van der Waals surface area contributed by atoms with Crippen LogP contribution >= 0.6 is 0 Å². The molecule has 0 atom stereocenters. The van der Waals surface area contributed by atoms with Crippen LogP contribution in [-0.4, -0.2) is 35.8 Å². The Morgan fingerprint density at radius 2 is 1.91 bits per heavy atom. The van der Waals surface area contributed by atoms with Crippen LogP contribution in [0.25, 0.3) is 0 Å². The second-order valence-corrected chi connectivity index (χ2v) is 5.51. The van der Waals surface area contributed by atoms with E-state index in [1.807, 2.05) is 6.92 Å². The van der Waals surface area contributed by atoms with Gasteiger partial charge in [-0.3, -0.25) is 9.59 Å². The summed E-state index contributed by atoms with van der Waals surface area (Å²) < 4.78 is 26.1. The smallest absolute Gasteiger partial charge is 0.253 e. The highest BCUT2D eigenvalue weighted by Gasteiger charge is 2.24. The van der Waals surface area contributed by atoms with Crippen LogP contribution in [0, 0.1) is 11.6 Å². The number of hydrogen-bond acceptors (Lipinski definition) is 2. The van der Waals surface area contributed by atoms with Crippen molar-refractivity contribution in [2.45, 2.75) is 38.6 Å². The van der Waals surface area contributed by atoms with Crippen LogP contribution in [-0.2, 0) is 4.79 Å². The summed E-state index contributed by atoms with van der Waals surface area (Å²) in [6.45, 7) is 2.94. The number of hydrogen-bond donors (Lipinski definition) is 1. The van der Waals surface area contributed by atoms with E-state index in [4.69, 9.17) is 0 Å². The molecule has 1 aliphatic rings. The summed E-state index contributed by atoms with van der Waals surface area (Å²) in [4.78, 5) is 25.4. The zero-order chi connectivity index (χ0) is 16.1. The van der Waals surface area contributed by atoms with Crippen molar-refractivity contribution >= 4 is 11.8 Å². The molecule has 0 spiro atoms. The second-order valence-electron chi connectivity index (χ2n) is 5.51. The first-order chi connectivity index (χ1) is 10.5. The van der Waals surface area contributed by atoms with E-state index in [9.17, 15) is 18.4 Å². The van der Waals surface area contributed by atoms with Crippen molar-refractivity contribution in [3.63, 3.8) is 0 Å². The molecule has 22 heavy (non-hydrogen) atoms. The Hall–Kier alpha value is -1.98. The Kier molecular flexibility index (Phi) is 5.46. The first kappa shape index (κ1) is 16.4. The highest BCUT2D eigenvalue weighted by atomic mass is 19.2. The van der Waals surface area contributed by atoms with Gasteiger partial charge in [0.15, 0.2) is 11.6 Å². The molecule has 0 unspecified atom stereocenters. The quantitative estimate of drug-likeness (QED) is 0.929. The lowest BCUT2D eigenvalue weighted by Crippen LogP contribution is -2.46. The maximum atomic E-state index is 13.2. The van der Waals surface area contributed by atoms with Gasteiger partial charge in [-0.15, -0.1) is 0 Å². The molecule has 1 saturated heterocycles.